The molecule has 4 nitrogen and oxygen atoms in total. The van der Waals surface area contributed by atoms with Crippen LogP contribution in [0, 0.1) is 0 Å². The van der Waals surface area contributed by atoms with Crippen LogP contribution in [-0.4, -0.2) is 21.2 Å². The van der Waals surface area contributed by atoms with Crippen LogP contribution in [-0.2, 0) is 0 Å². The van der Waals surface area contributed by atoms with E-state index in [1.54, 1.807) is 24.4 Å². The van der Waals surface area contributed by atoms with Gasteiger partial charge in [0.05, 0.1) is 5.56 Å². The second-order valence-electron chi connectivity index (χ2n) is 3.25. The van der Waals surface area contributed by atoms with Crippen molar-refractivity contribution in [1.29, 1.82) is 0 Å². The Morgan fingerprint density at radius 3 is 2.38 bits per heavy atom. The summed E-state index contributed by atoms with van der Waals surface area (Å²) in [6.07, 6.45) is 1.57. The number of aromatic nitrogens is 1. The number of carboxylic acid groups (broad SMARTS) is 1. The lowest BCUT2D eigenvalue weighted by Crippen LogP contribution is -1.95. The average Bonchev–Trinajstić information content (AvgIpc) is 2.30. The van der Waals surface area contributed by atoms with E-state index in [0.717, 1.165) is 0 Å². The summed E-state index contributed by atoms with van der Waals surface area (Å²) in [4.78, 5) is 14.7. The third kappa shape index (κ3) is 1.86. The predicted molar refractivity (Wildman–Crippen MR) is 58.3 cm³/mol. The van der Waals surface area contributed by atoms with Crippen LogP contribution in [0.3, 0.4) is 0 Å². The highest BCUT2D eigenvalue weighted by atomic mass is 16.4. The van der Waals surface area contributed by atoms with E-state index >= 15 is 0 Å². The Morgan fingerprint density at radius 1 is 1.12 bits per heavy atom. The minimum absolute atomic E-state index is 0.0746. The van der Waals surface area contributed by atoms with Crippen molar-refractivity contribution >= 4 is 5.97 Å². The predicted octanol–water partition coefficient (Wildman–Crippen LogP) is 2.15. The van der Waals surface area contributed by atoms with Crippen LogP contribution < -0.4 is 0 Å². The van der Waals surface area contributed by atoms with Crippen molar-refractivity contribution in [2.75, 3.05) is 0 Å². The monoisotopic (exact) mass is 215 g/mol. The Morgan fingerprint density at radius 2 is 1.81 bits per heavy atom. The number of pyridine rings is 1. The van der Waals surface area contributed by atoms with Gasteiger partial charge < -0.3 is 10.2 Å². The maximum absolute atomic E-state index is 10.7. The van der Waals surface area contributed by atoms with Gasteiger partial charge in [-0.15, -0.1) is 0 Å². The fourth-order valence-corrected chi connectivity index (χ4v) is 1.39. The molecular formula is C12H9NO3. The molecule has 0 bridgehead atoms. The summed E-state index contributed by atoms with van der Waals surface area (Å²) < 4.78 is 0. The van der Waals surface area contributed by atoms with Crippen LogP contribution >= 0.6 is 0 Å². The lowest BCUT2D eigenvalue weighted by Gasteiger charge is -2.03. The largest absolute Gasteiger partial charge is 0.506 e. The summed E-state index contributed by atoms with van der Waals surface area (Å²) in [5.41, 5.74) is 1.33. The van der Waals surface area contributed by atoms with E-state index in [0.29, 0.717) is 11.3 Å². The van der Waals surface area contributed by atoms with Crippen LogP contribution in [0.25, 0.3) is 11.3 Å². The van der Waals surface area contributed by atoms with E-state index in [1.165, 1.54) is 18.2 Å². The SMILES string of the molecule is O=C(O)c1ccc(-c2ncccc2O)cc1. The third-order valence-corrected chi connectivity index (χ3v) is 2.19. The summed E-state index contributed by atoms with van der Waals surface area (Å²) in [7, 11) is 0. The highest BCUT2D eigenvalue weighted by Gasteiger charge is 2.06. The molecule has 0 saturated carbocycles. The van der Waals surface area contributed by atoms with Gasteiger partial charge in [-0.1, -0.05) is 12.1 Å². The minimum Gasteiger partial charge on any atom is -0.506 e. The molecular weight excluding hydrogens is 206 g/mol. The number of hydrogen-bond acceptors (Lipinski definition) is 3. The van der Waals surface area contributed by atoms with E-state index in [-0.39, 0.29) is 11.3 Å². The van der Waals surface area contributed by atoms with Crippen molar-refractivity contribution in [3.05, 3.63) is 48.2 Å². The number of rotatable bonds is 2. The Balaban J connectivity index is 2.43. The lowest BCUT2D eigenvalue weighted by atomic mass is 10.1. The zero-order valence-electron chi connectivity index (χ0n) is 8.29. The molecule has 80 valence electrons. The first kappa shape index (κ1) is 10.2. The van der Waals surface area contributed by atoms with Crippen molar-refractivity contribution in [1.82, 2.24) is 4.98 Å². The molecule has 0 aliphatic heterocycles. The van der Waals surface area contributed by atoms with Crippen molar-refractivity contribution in [2.45, 2.75) is 0 Å². The molecule has 2 aromatic rings. The number of carboxylic acids is 1. The Bertz CT molecular complexity index is 520. The Kier molecular flexibility index (Phi) is 2.55. The number of aromatic carboxylic acids is 1. The summed E-state index contributed by atoms with van der Waals surface area (Å²) in [5, 5.41) is 18.3. The van der Waals surface area contributed by atoms with E-state index in [2.05, 4.69) is 4.98 Å². The molecule has 0 spiro atoms. The van der Waals surface area contributed by atoms with Gasteiger partial charge in [0.15, 0.2) is 0 Å². The molecule has 0 aliphatic carbocycles. The maximum Gasteiger partial charge on any atom is 0.335 e. The highest BCUT2D eigenvalue weighted by molar-refractivity contribution is 5.88. The minimum atomic E-state index is -0.975. The van der Waals surface area contributed by atoms with Crippen LogP contribution in [0.15, 0.2) is 42.6 Å². The second-order valence-corrected chi connectivity index (χ2v) is 3.25. The van der Waals surface area contributed by atoms with Gasteiger partial charge in [0.25, 0.3) is 0 Å². The van der Waals surface area contributed by atoms with Gasteiger partial charge >= 0.3 is 5.97 Å². The second kappa shape index (κ2) is 4.02. The fourth-order valence-electron chi connectivity index (χ4n) is 1.39. The van der Waals surface area contributed by atoms with Crippen molar-refractivity contribution in [2.24, 2.45) is 0 Å². The first-order chi connectivity index (χ1) is 7.68. The quantitative estimate of drug-likeness (QED) is 0.805. The van der Waals surface area contributed by atoms with Gasteiger partial charge in [-0.05, 0) is 24.3 Å². The number of hydrogen-bond donors (Lipinski definition) is 2. The molecule has 1 aromatic heterocycles. The van der Waals surface area contributed by atoms with Crippen molar-refractivity contribution in [3.63, 3.8) is 0 Å². The van der Waals surface area contributed by atoms with Crippen molar-refractivity contribution < 1.29 is 15.0 Å². The number of aromatic hydroxyl groups is 1. The molecule has 0 saturated heterocycles. The normalized spacial score (nSPS) is 10.0. The third-order valence-electron chi connectivity index (χ3n) is 2.19. The highest BCUT2D eigenvalue weighted by Crippen LogP contribution is 2.25. The number of nitrogens with zero attached hydrogens (tertiary/aromatic N) is 1. The summed E-state index contributed by atoms with van der Waals surface area (Å²) in [5.74, 6) is -0.901. The van der Waals surface area contributed by atoms with Gasteiger partial charge in [0.2, 0.25) is 0 Å². The molecule has 0 aliphatic rings. The molecule has 1 aromatic carbocycles. The molecule has 0 atom stereocenters. The zero-order valence-corrected chi connectivity index (χ0v) is 8.29. The average molecular weight is 215 g/mol. The lowest BCUT2D eigenvalue weighted by molar-refractivity contribution is 0.0697. The van der Waals surface area contributed by atoms with E-state index < -0.39 is 5.97 Å². The van der Waals surface area contributed by atoms with Gasteiger partial charge in [0.1, 0.15) is 11.4 Å². The van der Waals surface area contributed by atoms with Gasteiger partial charge in [-0.2, -0.15) is 0 Å². The van der Waals surface area contributed by atoms with Crippen LogP contribution in [0.2, 0.25) is 0 Å². The molecule has 1 heterocycles. The molecule has 4 heteroatoms. The molecule has 0 fully saturated rings. The Labute approximate surface area is 91.8 Å². The summed E-state index contributed by atoms with van der Waals surface area (Å²) in [6, 6.07) is 9.35. The molecule has 2 N–H and O–H groups in total. The van der Waals surface area contributed by atoms with Crippen LogP contribution in [0.1, 0.15) is 10.4 Å². The summed E-state index contributed by atoms with van der Waals surface area (Å²) in [6.45, 7) is 0. The molecule has 2 rings (SSSR count). The Hall–Kier alpha value is -2.36. The molecule has 0 radical (unpaired) electrons. The van der Waals surface area contributed by atoms with Gasteiger partial charge in [-0.3, -0.25) is 4.98 Å². The maximum atomic E-state index is 10.7. The zero-order chi connectivity index (χ0) is 11.5. The van der Waals surface area contributed by atoms with Crippen LogP contribution in [0.4, 0.5) is 0 Å². The smallest absolute Gasteiger partial charge is 0.335 e. The van der Waals surface area contributed by atoms with Gasteiger partial charge in [-0.25, -0.2) is 4.79 Å². The molecule has 16 heavy (non-hydrogen) atoms. The van der Waals surface area contributed by atoms with Crippen molar-refractivity contribution in [3.8, 4) is 17.0 Å². The topological polar surface area (TPSA) is 70.4 Å². The van der Waals surface area contributed by atoms with Crippen LogP contribution in [0.5, 0.6) is 5.75 Å². The fraction of sp³-hybridized carbons (Fsp3) is 0. The first-order valence-electron chi connectivity index (χ1n) is 4.66. The molecule has 0 amide bonds. The van der Waals surface area contributed by atoms with Gasteiger partial charge in [0, 0.05) is 11.8 Å². The molecule has 0 unspecified atom stereocenters. The summed E-state index contributed by atoms with van der Waals surface area (Å²) >= 11 is 0. The van der Waals surface area contributed by atoms with E-state index in [1.807, 2.05) is 0 Å². The first-order valence-corrected chi connectivity index (χ1v) is 4.66. The standard InChI is InChI=1S/C12H9NO3/c14-10-2-1-7-13-11(10)8-3-5-9(6-4-8)12(15)16/h1-7,14H,(H,15,16). The van der Waals surface area contributed by atoms with E-state index in [9.17, 15) is 9.90 Å². The van der Waals surface area contributed by atoms with E-state index in [4.69, 9.17) is 5.11 Å². The number of benzene rings is 1. The number of carbonyl (C=O) groups is 1.